The molecular formula is C13H18N2O3S. The Labute approximate surface area is 113 Å². The van der Waals surface area contributed by atoms with E-state index in [0.717, 1.165) is 24.9 Å². The van der Waals surface area contributed by atoms with Crippen molar-refractivity contribution in [3.63, 3.8) is 0 Å². The lowest BCUT2D eigenvalue weighted by Gasteiger charge is -2.10. The second-order valence-electron chi connectivity index (χ2n) is 4.87. The van der Waals surface area contributed by atoms with Gasteiger partial charge in [0.15, 0.2) is 9.84 Å². The minimum absolute atomic E-state index is 0.370. The molecule has 1 atom stereocenters. The fourth-order valence-corrected chi connectivity index (χ4v) is 2.87. The highest BCUT2D eigenvalue weighted by atomic mass is 32.2. The van der Waals surface area contributed by atoms with Crippen LogP contribution >= 0.6 is 0 Å². The van der Waals surface area contributed by atoms with E-state index in [9.17, 15) is 13.2 Å². The molecule has 2 rings (SSSR count). The van der Waals surface area contributed by atoms with Crippen LogP contribution in [0, 0.1) is 0 Å². The van der Waals surface area contributed by atoms with Crippen molar-refractivity contribution in [1.29, 1.82) is 0 Å². The van der Waals surface area contributed by atoms with E-state index < -0.39 is 21.5 Å². The quantitative estimate of drug-likeness (QED) is 0.835. The number of hydrogen-bond donors (Lipinski definition) is 2. The molecule has 6 heteroatoms. The van der Waals surface area contributed by atoms with Crippen molar-refractivity contribution in [3.05, 3.63) is 29.8 Å². The van der Waals surface area contributed by atoms with Crippen molar-refractivity contribution in [2.75, 3.05) is 30.4 Å². The molecule has 0 spiro atoms. The van der Waals surface area contributed by atoms with Gasteiger partial charge in [-0.2, -0.15) is 0 Å². The van der Waals surface area contributed by atoms with E-state index in [1.807, 2.05) is 18.2 Å². The van der Waals surface area contributed by atoms with Crippen molar-refractivity contribution < 1.29 is 13.2 Å². The number of anilines is 1. The van der Waals surface area contributed by atoms with E-state index in [1.54, 1.807) is 0 Å². The van der Waals surface area contributed by atoms with Crippen molar-refractivity contribution in [2.45, 2.75) is 12.3 Å². The van der Waals surface area contributed by atoms with Crippen LogP contribution in [0.4, 0.5) is 5.69 Å². The van der Waals surface area contributed by atoms with Gasteiger partial charge < -0.3 is 10.6 Å². The minimum atomic E-state index is -3.25. The normalized spacial score (nSPS) is 17.6. The highest BCUT2D eigenvalue weighted by Gasteiger charge is 2.21. The number of sulfone groups is 1. The maximum atomic E-state index is 11.4. The molecule has 1 amide bonds. The summed E-state index contributed by atoms with van der Waals surface area (Å²) >= 11 is 0. The Morgan fingerprint density at radius 3 is 2.89 bits per heavy atom. The van der Waals surface area contributed by atoms with Crippen LogP contribution in [0.15, 0.2) is 24.3 Å². The fraction of sp³-hybridized carbons (Fsp3) is 0.462. The summed E-state index contributed by atoms with van der Waals surface area (Å²) in [5.41, 5.74) is 2.41. The number of benzene rings is 1. The maximum absolute atomic E-state index is 11.4. The molecule has 1 aliphatic heterocycles. The van der Waals surface area contributed by atoms with E-state index in [4.69, 9.17) is 0 Å². The smallest absolute Gasteiger partial charge is 0.235 e. The van der Waals surface area contributed by atoms with Crippen LogP contribution < -0.4 is 10.6 Å². The van der Waals surface area contributed by atoms with Gasteiger partial charge in [0.25, 0.3) is 0 Å². The molecule has 0 fully saturated rings. The van der Waals surface area contributed by atoms with Gasteiger partial charge in [-0.15, -0.1) is 0 Å². The van der Waals surface area contributed by atoms with Gasteiger partial charge in [0.2, 0.25) is 5.91 Å². The molecule has 1 heterocycles. The molecule has 1 aromatic carbocycles. The van der Waals surface area contributed by atoms with Gasteiger partial charge in [0.1, 0.15) is 5.75 Å². The van der Waals surface area contributed by atoms with Crippen LogP contribution in [0.1, 0.15) is 17.9 Å². The molecule has 5 nitrogen and oxygen atoms in total. The number of amides is 1. The Bertz CT molecular complexity index is 569. The third-order valence-corrected chi connectivity index (χ3v) is 3.93. The summed E-state index contributed by atoms with van der Waals surface area (Å²) in [6.45, 7) is 1.36. The van der Waals surface area contributed by atoms with Crippen molar-refractivity contribution in [3.8, 4) is 0 Å². The predicted octanol–water partition coefficient (Wildman–Crippen LogP) is 0.747. The largest absolute Gasteiger partial charge is 0.384 e. The van der Waals surface area contributed by atoms with Gasteiger partial charge in [0, 0.05) is 31.0 Å². The average molecular weight is 282 g/mol. The number of carbonyl (C=O) groups excluding carboxylic acids is 1. The summed E-state index contributed by atoms with van der Waals surface area (Å²) in [4.78, 5) is 11.4. The lowest BCUT2D eigenvalue weighted by Crippen LogP contribution is -2.31. The highest BCUT2D eigenvalue weighted by Crippen LogP contribution is 2.32. The number of nitrogens with one attached hydrogen (secondary N) is 2. The first-order valence-electron chi connectivity index (χ1n) is 6.23. The summed E-state index contributed by atoms with van der Waals surface area (Å²) in [6.07, 6.45) is 1.86. The Morgan fingerprint density at radius 1 is 1.42 bits per heavy atom. The summed E-state index contributed by atoms with van der Waals surface area (Å²) < 4.78 is 21.9. The Kier molecular flexibility index (Phi) is 4.09. The zero-order chi connectivity index (χ0) is 13.9. The summed E-state index contributed by atoms with van der Waals surface area (Å²) in [5, 5.41) is 5.97. The van der Waals surface area contributed by atoms with Crippen LogP contribution in [0.3, 0.4) is 0 Å². The zero-order valence-electron chi connectivity index (χ0n) is 10.8. The van der Waals surface area contributed by atoms with Gasteiger partial charge in [-0.05, 0) is 18.1 Å². The summed E-state index contributed by atoms with van der Waals surface area (Å²) in [6, 6.07) is 8.11. The molecule has 2 N–H and O–H groups in total. The van der Waals surface area contributed by atoms with Gasteiger partial charge in [0.05, 0.1) is 0 Å². The van der Waals surface area contributed by atoms with E-state index in [-0.39, 0.29) is 0 Å². The number of para-hydroxylation sites is 1. The average Bonchev–Trinajstić information content (AvgIpc) is 2.70. The molecule has 0 aromatic heterocycles. The molecule has 19 heavy (non-hydrogen) atoms. The van der Waals surface area contributed by atoms with Crippen molar-refractivity contribution >= 4 is 21.4 Å². The van der Waals surface area contributed by atoms with Crippen LogP contribution in [-0.4, -0.2) is 39.4 Å². The summed E-state index contributed by atoms with van der Waals surface area (Å²) in [5.74, 6) is -0.497. The minimum Gasteiger partial charge on any atom is -0.384 e. The zero-order valence-corrected chi connectivity index (χ0v) is 11.7. The summed E-state index contributed by atoms with van der Waals surface area (Å²) in [7, 11) is -3.25. The first-order chi connectivity index (χ1) is 8.96. The molecule has 0 saturated heterocycles. The monoisotopic (exact) mass is 282 g/mol. The SMILES string of the molecule is CS(=O)(=O)CC(=O)NCCC1CNc2ccccc21. The van der Waals surface area contributed by atoms with E-state index >= 15 is 0 Å². The Hall–Kier alpha value is -1.56. The van der Waals surface area contributed by atoms with Crippen molar-refractivity contribution in [2.24, 2.45) is 0 Å². The van der Waals surface area contributed by atoms with Gasteiger partial charge in [-0.3, -0.25) is 4.79 Å². The second kappa shape index (κ2) is 5.61. The number of fused-ring (bicyclic) bond motifs is 1. The van der Waals surface area contributed by atoms with Crippen LogP contribution in [-0.2, 0) is 14.6 Å². The molecule has 0 radical (unpaired) electrons. The van der Waals surface area contributed by atoms with Crippen LogP contribution in [0.2, 0.25) is 0 Å². The molecule has 1 aliphatic rings. The molecule has 1 aromatic rings. The van der Waals surface area contributed by atoms with Gasteiger partial charge in [-0.25, -0.2) is 8.42 Å². The molecule has 0 aliphatic carbocycles. The molecular weight excluding hydrogens is 264 g/mol. The standard InChI is InChI=1S/C13H18N2O3S/c1-19(17,18)9-13(16)14-7-6-10-8-15-12-5-3-2-4-11(10)12/h2-5,10,15H,6-9H2,1H3,(H,14,16). The van der Waals surface area contributed by atoms with Crippen LogP contribution in [0.25, 0.3) is 0 Å². The molecule has 0 saturated carbocycles. The third-order valence-electron chi connectivity index (χ3n) is 3.15. The van der Waals surface area contributed by atoms with Crippen molar-refractivity contribution in [1.82, 2.24) is 5.32 Å². The van der Waals surface area contributed by atoms with Gasteiger partial charge in [-0.1, -0.05) is 18.2 Å². The number of carbonyl (C=O) groups is 1. The third kappa shape index (κ3) is 3.96. The number of rotatable bonds is 5. The van der Waals surface area contributed by atoms with Crippen LogP contribution in [0.5, 0.6) is 0 Å². The molecule has 0 bridgehead atoms. The first-order valence-corrected chi connectivity index (χ1v) is 8.29. The lowest BCUT2D eigenvalue weighted by atomic mass is 9.98. The first kappa shape index (κ1) is 13.9. The Balaban J connectivity index is 1.80. The number of hydrogen-bond acceptors (Lipinski definition) is 4. The maximum Gasteiger partial charge on any atom is 0.235 e. The topological polar surface area (TPSA) is 75.3 Å². The second-order valence-corrected chi connectivity index (χ2v) is 7.01. The molecule has 104 valence electrons. The Morgan fingerprint density at radius 2 is 2.16 bits per heavy atom. The van der Waals surface area contributed by atoms with E-state index in [0.29, 0.717) is 12.5 Å². The predicted molar refractivity (Wildman–Crippen MR) is 75.0 cm³/mol. The lowest BCUT2D eigenvalue weighted by molar-refractivity contribution is -0.118. The van der Waals surface area contributed by atoms with Gasteiger partial charge >= 0.3 is 0 Å². The van der Waals surface area contributed by atoms with E-state index in [2.05, 4.69) is 16.7 Å². The van der Waals surface area contributed by atoms with E-state index in [1.165, 1.54) is 5.56 Å². The molecule has 1 unspecified atom stereocenters. The highest BCUT2D eigenvalue weighted by molar-refractivity contribution is 7.91. The fourth-order valence-electron chi connectivity index (χ4n) is 2.29.